The molecule has 8 heteroatoms. The molecule has 0 fully saturated rings. The van der Waals surface area contributed by atoms with E-state index in [2.05, 4.69) is 10.9 Å². The minimum absolute atomic E-state index is 0.249. The topological polar surface area (TPSA) is 96.5 Å². The molecule has 2 atom stereocenters. The number of amides is 1. The summed E-state index contributed by atoms with van der Waals surface area (Å²) in [7, 11) is -2.93. The van der Waals surface area contributed by atoms with Gasteiger partial charge in [0.25, 0.3) is 5.91 Å². The number of pyridine rings is 1. The van der Waals surface area contributed by atoms with Crippen molar-refractivity contribution < 1.29 is 14.1 Å². The molecule has 3 aromatic carbocycles. The quantitative estimate of drug-likeness (QED) is 0.400. The Morgan fingerprint density at radius 3 is 2.23 bits per heavy atom. The van der Waals surface area contributed by atoms with E-state index in [1.807, 2.05) is 36.4 Å². The molecule has 0 saturated carbocycles. The van der Waals surface area contributed by atoms with Gasteiger partial charge in [-0.25, -0.2) is 4.21 Å². The van der Waals surface area contributed by atoms with Crippen molar-refractivity contribution in [3.05, 3.63) is 113 Å². The van der Waals surface area contributed by atoms with Crippen molar-refractivity contribution in [1.82, 2.24) is 4.98 Å². The molecule has 1 aliphatic rings. The normalized spacial score (nSPS) is 18.8. The maximum Gasteiger partial charge on any atom is 0.268 e. The summed E-state index contributed by atoms with van der Waals surface area (Å²) in [5.74, 6) is 2.96. The summed E-state index contributed by atoms with van der Waals surface area (Å²) in [5.41, 5.74) is 2.12. The van der Waals surface area contributed by atoms with Gasteiger partial charge in [-0.05, 0) is 64.5 Å². The first kappa shape index (κ1) is 23.3. The van der Waals surface area contributed by atoms with Crippen molar-refractivity contribution in [3.8, 4) is 11.1 Å². The molecule has 0 spiro atoms. The molecular weight excluding hydrogens is 482 g/mol. The Morgan fingerprint density at radius 2 is 1.60 bits per heavy atom. The van der Waals surface area contributed by atoms with Gasteiger partial charge in [0.15, 0.2) is 5.60 Å². The van der Waals surface area contributed by atoms with Gasteiger partial charge in [-0.2, -0.15) is 0 Å². The molecule has 4 aromatic rings. The van der Waals surface area contributed by atoms with E-state index < -0.39 is 21.2 Å². The van der Waals surface area contributed by atoms with E-state index in [1.54, 1.807) is 30.6 Å². The van der Waals surface area contributed by atoms with E-state index >= 15 is 0 Å². The van der Waals surface area contributed by atoms with Gasteiger partial charge in [0.1, 0.15) is 0 Å². The van der Waals surface area contributed by atoms with E-state index in [4.69, 9.17) is 16.7 Å². The molecule has 1 aliphatic heterocycles. The summed E-state index contributed by atoms with van der Waals surface area (Å²) in [6, 6.07) is 23.0. The van der Waals surface area contributed by atoms with Gasteiger partial charge in [-0.15, -0.1) is 0 Å². The van der Waals surface area contributed by atoms with Crippen LogP contribution < -0.4 is 10.0 Å². The summed E-state index contributed by atoms with van der Waals surface area (Å²) in [6.45, 7) is 0.249. The molecule has 0 bridgehead atoms. The summed E-state index contributed by atoms with van der Waals surface area (Å²) in [6.07, 6.45) is 3.48. The summed E-state index contributed by atoms with van der Waals surface area (Å²) in [5, 5.41) is 17.7. The highest BCUT2D eigenvalue weighted by atomic mass is 35.5. The first-order valence-electron chi connectivity index (χ1n) is 10.8. The van der Waals surface area contributed by atoms with Gasteiger partial charge in [0.2, 0.25) is 0 Å². The second-order valence-electron chi connectivity index (χ2n) is 8.42. The van der Waals surface area contributed by atoms with Crippen LogP contribution in [0.15, 0.2) is 96.2 Å². The molecule has 6 nitrogen and oxygen atoms in total. The largest absolute Gasteiger partial charge is 0.372 e. The average Bonchev–Trinajstić information content (AvgIpc) is 3.08. The summed E-state index contributed by atoms with van der Waals surface area (Å²) < 4.78 is 12.1. The Bertz CT molecular complexity index is 1520. The van der Waals surface area contributed by atoms with E-state index in [9.17, 15) is 14.1 Å². The second kappa shape index (κ2) is 8.62. The van der Waals surface area contributed by atoms with E-state index in [-0.39, 0.29) is 11.6 Å². The second-order valence-corrected chi connectivity index (χ2v) is 10.8. The van der Waals surface area contributed by atoms with Gasteiger partial charge in [-0.3, -0.25) is 14.9 Å². The first-order chi connectivity index (χ1) is 16.7. The average molecular weight is 504 g/mol. The van der Waals surface area contributed by atoms with E-state index in [0.29, 0.717) is 21.7 Å². The van der Waals surface area contributed by atoms with Crippen LogP contribution in [0.5, 0.6) is 0 Å². The number of halogens is 1. The van der Waals surface area contributed by atoms with E-state index in [1.165, 1.54) is 29.2 Å². The van der Waals surface area contributed by atoms with E-state index in [0.717, 1.165) is 16.7 Å². The van der Waals surface area contributed by atoms with Gasteiger partial charge in [0, 0.05) is 27.9 Å². The third kappa shape index (κ3) is 4.02. The van der Waals surface area contributed by atoms with Gasteiger partial charge >= 0.3 is 0 Å². The van der Waals surface area contributed by atoms with Crippen LogP contribution in [0.2, 0.25) is 5.02 Å². The molecule has 5 rings (SSSR count). The third-order valence-electron chi connectivity index (χ3n) is 6.18. The van der Waals surface area contributed by atoms with Gasteiger partial charge in [0.05, 0.1) is 21.9 Å². The van der Waals surface area contributed by atoms with Crippen LogP contribution >= 0.6 is 11.6 Å². The molecule has 0 saturated heterocycles. The van der Waals surface area contributed by atoms with Crippen LogP contribution in [0.4, 0.5) is 5.69 Å². The molecule has 1 amide bonds. The summed E-state index contributed by atoms with van der Waals surface area (Å²) in [4.78, 5) is 19.6. The molecule has 2 heterocycles. The van der Waals surface area contributed by atoms with Crippen molar-refractivity contribution >= 4 is 38.8 Å². The smallest absolute Gasteiger partial charge is 0.268 e. The number of anilines is 1. The number of nitrogens with zero attached hydrogens (tertiary/aromatic N) is 2. The standard InChI is InChI=1S/C27H22ClN3O3S/c1-35(29,34)22-11-9-21(10-12-22)27(33)25-23(28)3-2-4-24(25)31(26(27)32)17-18-5-7-19(8-6-18)20-13-15-30-16-14-20/h2-16,33H,1,17H2,(H2,29,34). The van der Waals surface area contributed by atoms with Crippen molar-refractivity contribution in [2.24, 2.45) is 5.14 Å². The van der Waals surface area contributed by atoms with Crippen molar-refractivity contribution in [1.29, 1.82) is 0 Å². The van der Waals surface area contributed by atoms with Crippen molar-refractivity contribution in [2.45, 2.75) is 17.0 Å². The monoisotopic (exact) mass is 503 g/mol. The number of aliphatic hydroxyl groups is 1. The Kier molecular flexibility index (Phi) is 5.73. The number of rotatable bonds is 5. The number of nitrogens with two attached hydrogens (primary N) is 1. The number of aromatic nitrogens is 1. The fraction of sp³-hybridized carbons (Fsp3) is 0.0741. The molecule has 0 aliphatic carbocycles. The highest BCUT2D eigenvalue weighted by Crippen LogP contribution is 2.48. The first-order valence-corrected chi connectivity index (χ1v) is 12.9. The maximum absolute atomic E-state index is 13.7. The van der Waals surface area contributed by atoms with Crippen LogP contribution in [0.3, 0.4) is 0 Å². The lowest BCUT2D eigenvalue weighted by Crippen LogP contribution is -2.41. The van der Waals surface area contributed by atoms with Crippen LogP contribution in [0.1, 0.15) is 16.7 Å². The molecule has 3 N–H and O–H groups in total. The zero-order chi connectivity index (χ0) is 24.8. The Hall–Kier alpha value is -3.49. The number of hydrogen-bond acceptors (Lipinski definition) is 4. The minimum Gasteiger partial charge on any atom is -0.372 e. The SMILES string of the molecule is C=S(N)(=O)c1ccc(C2(O)C(=O)N(Cc3ccc(-c4ccncc4)cc3)c3cccc(Cl)c32)cc1. The van der Waals surface area contributed by atoms with Crippen LogP contribution in [-0.4, -0.2) is 26.1 Å². The number of carbonyl (C=O) groups excluding carboxylic acids is 1. The number of benzene rings is 3. The summed E-state index contributed by atoms with van der Waals surface area (Å²) >= 11 is 6.51. The molecule has 176 valence electrons. The fourth-order valence-electron chi connectivity index (χ4n) is 4.39. The van der Waals surface area contributed by atoms with Crippen LogP contribution in [0, 0.1) is 0 Å². The lowest BCUT2D eigenvalue weighted by atomic mass is 9.87. The van der Waals surface area contributed by atoms with Gasteiger partial charge < -0.3 is 10.0 Å². The van der Waals surface area contributed by atoms with Crippen LogP contribution in [-0.2, 0) is 26.6 Å². The lowest BCUT2D eigenvalue weighted by molar-refractivity contribution is -0.132. The van der Waals surface area contributed by atoms with Crippen molar-refractivity contribution in [2.75, 3.05) is 4.90 Å². The molecule has 2 unspecified atom stereocenters. The lowest BCUT2D eigenvalue weighted by Gasteiger charge is -2.24. The Labute approximate surface area is 208 Å². The molecule has 0 radical (unpaired) electrons. The predicted octanol–water partition coefficient (Wildman–Crippen LogP) is 4.13. The highest BCUT2D eigenvalue weighted by molar-refractivity contribution is 7.98. The number of hydrogen-bond donors (Lipinski definition) is 2. The fourth-order valence-corrected chi connectivity index (χ4v) is 5.29. The maximum atomic E-state index is 13.7. The number of carbonyl (C=O) groups is 1. The Morgan fingerprint density at radius 1 is 0.971 bits per heavy atom. The minimum atomic E-state index is -2.93. The zero-order valence-electron chi connectivity index (χ0n) is 18.6. The molecular formula is C27H22ClN3O3S. The zero-order valence-corrected chi connectivity index (χ0v) is 20.2. The molecule has 35 heavy (non-hydrogen) atoms. The van der Waals surface area contributed by atoms with Crippen LogP contribution in [0.25, 0.3) is 11.1 Å². The highest BCUT2D eigenvalue weighted by Gasteiger charge is 2.52. The van der Waals surface area contributed by atoms with Gasteiger partial charge in [-0.1, -0.05) is 54.1 Å². The Balaban J connectivity index is 1.52. The third-order valence-corrected chi connectivity index (χ3v) is 7.56. The predicted molar refractivity (Wildman–Crippen MR) is 139 cm³/mol. The number of fused-ring (bicyclic) bond motifs is 1. The van der Waals surface area contributed by atoms with Crippen molar-refractivity contribution in [3.63, 3.8) is 0 Å². The molecule has 1 aromatic heterocycles.